The van der Waals surface area contributed by atoms with Crippen molar-refractivity contribution >= 4 is 11.6 Å². The standard InChI is InChI=1S/C12H22N4/c1-4-12(5-2,6-3)15-10-8-7-9-11(14-10)16-13/h7-9H,4-6,13H2,1-3H3,(H2,14,15,16). The molecule has 4 N–H and O–H groups in total. The Morgan fingerprint density at radius 1 is 1.12 bits per heavy atom. The minimum Gasteiger partial charge on any atom is -0.365 e. The molecule has 1 aromatic rings. The van der Waals surface area contributed by atoms with Crippen LogP contribution in [0.2, 0.25) is 0 Å². The van der Waals surface area contributed by atoms with Crippen LogP contribution in [0.25, 0.3) is 0 Å². The van der Waals surface area contributed by atoms with Gasteiger partial charge in [0.1, 0.15) is 11.6 Å². The Labute approximate surface area is 97.6 Å². The zero-order chi connectivity index (χ0) is 12.0. The first-order chi connectivity index (χ1) is 7.69. The third kappa shape index (κ3) is 2.85. The topological polar surface area (TPSA) is 63.0 Å². The Morgan fingerprint density at radius 3 is 2.19 bits per heavy atom. The van der Waals surface area contributed by atoms with Gasteiger partial charge >= 0.3 is 0 Å². The summed E-state index contributed by atoms with van der Waals surface area (Å²) in [6.07, 6.45) is 3.26. The maximum absolute atomic E-state index is 5.34. The van der Waals surface area contributed by atoms with Gasteiger partial charge in [-0.15, -0.1) is 0 Å². The van der Waals surface area contributed by atoms with Crippen molar-refractivity contribution in [3.63, 3.8) is 0 Å². The Morgan fingerprint density at radius 2 is 1.69 bits per heavy atom. The van der Waals surface area contributed by atoms with Crippen molar-refractivity contribution in [2.75, 3.05) is 10.7 Å². The third-order valence-electron chi connectivity index (χ3n) is 3.32. The number of nitrogen functional groups attached to an aromatic ring is 1. The number of hydrazine groups is 1. The highest BCUT2D eigenvalue weighted by Crippen LogP contribution is 2.24. The Kier molecular flexibility index (Phi) is 4.55. The fourth-order valence-corrected chi connectivity index (χ4v) is 1.87. The summed E-state index contributed by atoms with van der Waals surface area (Å²) in [6.45, 7) is 6.60. The average Bonchev–Trinajstić information content (AvgIpc) is 2.36. The van der Waals surface area contributed by atoms with Crippen LogP contribution >= 0.6 is 0 Å². The first-order valence-electron chi connectivity index (χ1n) is 5.91. The Bertz CT molecular complexity index is 312. The maximum Gasteiger partial charge on any atom is 0.142 e. The van der Waals surface area contributed by atoms with Gasteiger partial charge in [-0.25, -0.2) is 10.8 Å². The number of pyridine rings is 1. The van der Waals surface area contributed by atoms with Crippen LogP contribution in [0.3, 0.4) is 0 Å². The van der Waals surface area contributed by atoms with Gasteiger partial charge in [-0.3, -0.25) is 0 Å². The number of nitrogens with zero attached hydrogens (tertiary/aromatic N) is 1. The van der Waals surface area contributed by atoms with Crippen LogP contribution in [0.4, 0.5) is 11.6 Å². The van der Waals surface area contributed by atoms with Crippen molar-refractivity contribution in [1.29, 1.82) is 0 Å². The van der Waals surface area contributed by atoms with Crippen LogP contribution in [0.1, 0.15) is 40.0 Å². The van der Waals surface area contributed by atoms with E-state index in [0.717, 1.165) is 25.1 Å². The van der Waals surface area contributed by atoms with Gasteiger partial charge in [0.25, 0.3) is 0 Å². The SMILES string of the molecule is CCC(CC)(CC)Nc1cccc(NN)n1. The lowest BCUT2D eigenvalue weighted by molar-refractivity contribution is 0.419. The van der Waals surface area contributed by atoms with E-state index < -0.39 is 0 Å². The van der Waals surface area contributed by atoms with Crippen molar-refractivity contribution in [3.8, 4) is 0 Å². The molecule has 0 saturated carbocycles. The predicted octanol–water partition coefficient (Wildman–Crippen LogP) is 2.75. The van der Waals surface area contributed by atoms with Gasteiger partial charge in [0.15, 0.2) is 0 Å². The molecule has 0 atom stereocenters. The second-order valence-electron chi connectivity index (χ2n) is 4.02. The molecule has 0 bridgehead atoms. The first kappa shape index (κ1) is 12.8. The molecule has 0 aliphatic rings. The average molecular weight is 222 g/mol. The number of rotatable bonds is 6. The van der Waals surface area contributed by atoms with Crippen LogP contribution in [-0.4, -0.2) is 10.5 Å². The van der Waals surface area contributed by atoms with E-state index in [1.54, 1.807) is 0 Å². The molecule has 0 unspecified atom stereocenters. The van der Waals surface area contributed by atoms with E-state index in [-0.39, 0.29) is 5.54 Å². The van der Waals surface area contributed by atoms with Crippen LogP contribution in [0.15, 0.2) is 18.2 Å². The van der Waals surface area contributed by atoms with E-state index >= 15 is 0 Å². The highest BCUT2D eigenvalue weighted by atomic mass is 15.3. The Hall–Kier alpha value is -1.29. The first-order valence-corrected chi connectivity index (χ1v) is 5.91. The molecule has 1 heterocycles. The minimum atomic E-state index is 0.139. The molecule has 0 fully saturated rings. The summed E-state index contributed by atoms with van der Waals surface area (Å²) >= 11 is 0. The van der Waals surface area contributed by atoms with Crippen LogP contribution < -0.4 is 16.6 Å². The lowest BCUT2D eigenvalue weighted by atomic mass is 9.90. The van der Waals surface area contributed by atoms with Gasteiger partial charge in [-0.05, 0) is 31.4 Å². The monoisotopic (exact) mass is 222 g/mol. The molecule has 16 heavy (non-hydrogen) atoms. The van der Waals surface area contributed by atoms with Crippen LogP contribution in [-0.2, 0) is 0 Å². The second kappa shape index (κ2) is 5.70. The van der Waals surface area contributed by atoms with E-state index in [9.17, 15) is 0 Å². The zero-order valence-electron chi connectivity index (χ0n) is 10.4. The lowest BCUT2D eigenvalue weighted by Crippen LogP contribution is -2.36. The molecule has 0 aromatic carbocycles. The summed E-state index contributed by atoms with van der Waals surface area (Å²) in [6, 6.07) is 5.75. The van der Waals surface area contributed by atoms with E-state index in [2.05, 4.69) is 36.5 Å². The second-order valence-corrected chi connectivity index (χ2v) is 4.02. The molecule has 0 radical (unpaired) electrons. The smallest absolute Gasteiger partial charge is 0.142 e. The number of nitrogens with two attached hydrogens (primary N) is 1. The van der Waals surface area contributed by atoms with E-state index in [0.29, 0.717) is 5.82 Å². The highest BCUT2D eigenvalue weighted by molar-refractivity contribution is 5.45. The molecule has 0 aliphatic heterocycles. The van der Waals surface area contributed by atoms with Crippen LogP contribution in [0, 0.1) is 0 Å². The van der Waals surface area contributed by atoms with Crippen molar-refractivity contribution in [2.45, 2.75) is 45.6 Å². The summed E-state index contributed by atoms with van der Waals surface area (Å²) in [4.78, 5) is 4.37. The van der Waals surface area contributed by atoms with Gasteiger partial charge < -0.3 is 10.7 Å². The third-order valence-corrected chi connectivity index (χ3v) is 3.32. The number of hydrogen-bond acceptors (Lipinski definition) is 4. The van der Waals surface area contributed by atoms with Crippen molar-refractivity contribution in [2.24, 2.45) is 5.84 Å². The molecule has 4 nitrogen and oxygen atoms in total. The molecule has 90 valence electrons. The molecule has 0 aliphatic carbocycles. The molecule has 1 aromatic heterocycles. The highest BCUT2D eigenvalue weighted by Gasteiger charge is 2.23. The number of hydrogen-bond donors (Lipinski definition) is 3. The maximum atomic E-state index is 5.34. The quantitative estimate of drug-likeness (QED) is 0.511. The summed E-state index contributed by atoms with van der Waals surface area (Å²) in [5.41, 5.74) is 2.70. The van der Waals surface area contributed by atoms with E-state index in [1.165, 1.54) is 0 Å². The summed E-state index contributed by atoms with van der Waals surface area (Å²) in [7, 11) is 0. The number of aromatic nitrogens is 1. The lowest BCUT2D eigenvalue weighted by Gasteiger charge is -2.32. The van der Waals surface area contributed by atoms with Gasteiger partial charge in [0.2, 0.25) is 0 Å². The number of nitrogens with one attached hydrogen (secondary N) is 2. The molecular weight excluding hydrogens is 200 g/mol. The molecule has 0 spiro atoms. The molecular formula is C12H22N4. The normalized spacial score (nSPS) is 11.2. The summed E-state index contributed by atoms with van der Waals surface area (Å²) in [5, 5.41) is 3.51. The molecule has 1 rings (SSSR count). The zero-order valence-corrected chi connectivity index (χ0v) is 10.4. The largest absolute Gasteiger partial charge is 0.365 e. The molecule has 0 amide bonds. The predicted molar refractivity (Wildman–Crippen MR) is 69.3 cm³/mol. The van der Waals surface area contributed by atoms with E-state index in [4.69, 9.17) is 5.84 Å². The van der Waals surface area contributed by atoms with Crippen molar-refractivity contribution in [3.05, 3.63) is 18.2 Å². The van der Waals surface area contributed by atoms with Gasteiger partial charge in [-0.2, -0.15) is 0 Å². The summed E-state index contributed by atoms with van der Waals surface area (Å²) < 4.78 is 0. The van der Waals surface area contributed by atoms with Gasteiger partial charge in [0, 0.05) is 5.54 Å². The fourth-order valence-electron chi connectivity index (χ4n) is 1.87. The molecule has 0 saturated heterocycles. The Balaban J connectivity index is 2.84. The fraction of sp³-hybridized carbons (Fsp3) is 0.583. The van der Waals surface area contributed by atoms with Gasteiger partial charge in [-0.1, -0.05) is 26.8 Å². The minimum absolute atomic E-state index is 0.139. The van der Waals surface area contributed by atoms with Crippen molar-refractivity contribution in [1.82, 2.24) is 4.98 Å². The van der Waals surface area contributed by atoms with Gasteiger partial charge in [0.05, 0.1) is 0 Å². The number of anilines is 2. The van der Waals surface area contributed by atoms with Crippen molar-refractivity contribution < 1.29 is 0 Å². The van der Waals surface area contributed by atoms with E-state index in [1.807, 2.05) is 18.2 Å². The molecule has 4 heteroatoms. The summed E-state index contributed by atoms with van der Waals surface area (Å²) in [5.74, 6) is 6.90. The van der Waals surface area contributed by atoms with Crippen LogP contribution in [0.5, 0.6) is 0 Å².